The Labute approximate surface area is 150 Å². The molecule has 26 heavy (non-hydrogen) atoms. The number of methoxy groups -OCH3 is 1. The van der Waals surface area contributed by atoms with Crippen molar-refractivity contribution in [3.05, 3.63) is 76.8 Å². The van der Waals surface area contributed by atoms with Crippen molar-refractivity contribution >= 4 is 11.0 Å². The molecule has 1 unspecified atom stereocenters. The molecule has 0 amide bonds. The van der Waals surface area contributed by atoms with Crippen LogP contribution in [-0.4, -0.2) is 26.9 Å². The Hall–Kier alpha value is -3.41. The Kier molecular flexibility index (Phi) is 4.01. The van der Waals surface area contributed by atoms with Crippen LogP contribution < -0.4 is 10.3 Å². The van der Waals surface area contributed by atoms with Gasteiger partial charge in [-0.2, -0.15) is 5.10 Å². The molecule has 6 nitrogen and oxygen atoms in total. The zero-order valence-corrected chi connectivity index (χ0v) is 14.5. The van der Waals surface area contributed by atoms with E-state index in [1.54, 1.807) is 13.2 Å². The Morgan fingerprint density at radius 1 is 1.08 bits per heavy atom. The van der Waals surface area contributed by atoms with Crippen molar-refractivity contribution in [1.82, 2.24) is 19.7 Å². The minimum Gasteiger partial charge on any atom is -0.497 e. The number of hydrogen-bond donors (Lipinski definition) is 1. The number of hydrogen-bond acceptors (Lipinski definition) is 4. The lowest BCUT2D eigenvalue weighted by Crippen LogP contribution is -2.26. The smallest absolute Gasteiger partial charge is 0.267 e. The summed E-state index contributed by atoms with van der Waals surface area (Å²) < 4.78 is 6.72. The van der Waals surface area contributed by atoms with Crippen molar-refractivity contribution in [3.8, 4) is 17.0 Å². The first-order valence-electron chi connectivity index (χ1n) is 8.34. The van der Waals surface area contributed by atoms with Gasteiger partial charge in [-0.1, -0.05) is 24.3 Å². The minimum atomic E-state index is -0.319. The van der Waals surface area contributed by atoms with Crippen molar-refractivity contribution in [2.75, 3.05) is 7.11 Å². The number of fused-ring (bicyclic) bond motifs is 1. The fourth-order valence-corrected chi connectivity index (χ4v) is 2.93. The summed E-state index contributed by atoms with van der Waals surface area (Å²) >= 11 is 0. The van der Waals surface area contributed by atoms with Crippen LogP contribution in [0.15, 0.2) is 65.5 Å². The Balaban J connectivity index is 1.77. The summed E-state index contributed by atoms with van der Waals surface area (Å²) in [5.74, 6) is 1.44. The van der Waals surface area contributed by atoms with Gasteiger partial charge in [0.2, 0.25) is 0 Å². The Morgan fingerprint density at radius 3 is 2.73 bits per heavy atom. The summed E-state index contributed by atoms with van der Waals surface area (Å²) in [5, 5.41) is 4.55. The van der Waals surface area contributed by atoms with Crippen LogP contribution in [0.1, 0.15) is 18.8 Å². The molecule has 2 aromatic heterocycles. The van der Waals surface area contributed by atoms with Gasteiger partial charge in [-0.05, 0) is 37.3 Å². The van der Waals surface area contributed by atoms with Crippen LogP contribution >= 0.6 is 0 Å². The van der Waals surface area contributed by atoms with Crippen LogP contribution in [-0.2, 0) is 0 Å². The van der Waals surface area contributed by atoms with Crippen molar-refractivity contribution in [1.29, 1.82) is 0 Å². The number of aromatic amines is 1. The molecule has 0 spiro atoms. The highest BCUT2D eigenvalue weighted by Gasteiger charge is 2.16. The van der Waals surface area contributed by atoms with Crippen LogP contribution in [0, 0.1) is 0 Å². The number of nitrogens with one attached hydrogen (secondary N) is 1. The first kappa shape index (κ1) is 16.1. The number of aromatic nitrogens is 4. The Morgan fingerprint density at radius 2 is 1.92 bits per heavy atom. The van der Waals surface area contributed by atoms with E-state index >= 15 is 0 Å². The SMILES string of the molecule is COc1cccc(-c2ccc(=O)n(C(C)c3nc4ccccc4[nH]3)n2)c1. The lowest BCUT2D eigenvalue weighted by molar-refractivity contribution is 0.415. The van der Waals surface area contributed by atoms with E-state index < -0.39 is 0 Å². The summed E-state index contributed by atoms with van der Waals surface area (Å²) in [6, 6.07) is 18.3. The van der Waals surface area contributed by atoms with E-state index in [2.05, 4.69) is 15.1 Å². The minimum absolute atomic E-state index is 0.176. The van der Waals surface area contributed by atoms with Gasteiger partial charge in [-0.3, -0.25) is 4.79 Å². The molecular weight excluding hydrogens is 328 g/mol. The predicted octanol–water partition coefficient (Wildman–Crippen LogP) is 3.40. The Bertz CT molecular complexity index is 1100. The van der Waals surface area contributed by atoms with E-state index in [0.717, 1.165) is 22.3 Å². The normalized spacial score (nSPS) is 12.2. The van der Waals surface area contributed by atoms with Crippen molar-refractivity contribution < 1.29 is 4.74 Å². The summed E-state index contributed by atoms with van der Waals surface area (Å²) in [5.41, 5.74) is 3.21. The first-order valence-corrected chi connectivity index (χ1v) is 8.34. The van der Waals surface area contributed by atoms with Gasteiger partial charge in [-0.15, -0.1) is 0 Å². The molecular formula is C20H18N4O2. The quantitative estimate of drug-likeness (QED) is 0.615. The highest BCUT2D eigenvalue weighted by molar-refractivity contribution is 5.74. The molecule has 0 fully saturated rings. The van der Waals surface area contributed by atoms with E-state index in [4.69, 9.17) is 4.74 Å². The summed E-state index contributed by atoms with van der Waals surface area (Å²) in [6.45, 7) is 1.90. The van der Waals surface area contributed by atoms with Crippen LogP contribution in [0.5, 0.6) is 5.75 Å². The zero-order valence-electron chi connectivity index (χ0n) is 14.5. The monoisotopic (exact) mass is 346 g/mol. The van der Waals surface area contributed by atoms with Gasteiger partial charge >= 0.3 is 0 Å². The lowest BCUT2D eigenvalue weighted by Gasteiger charge is -2.13. The van der Waals surface area contributed by atoms with E-state index in [9.17, 15) is 4.79 Å². The molecule has 1 N–H and O–H groups in total. The second-order valence-corrected chi connectivity index (χ2v) is 6.05. The van der Waals surface area contributed by atoms with Crippen molar-refractivity contribution in [3.63, 3.8) is 0 Å². The maximum absolute atomic E-state index is 12.4. The molecule has 4 rings (SSSR count). The molecule has 0 saturated heterocycles. The number of imidazole rings is 1. The molecule has 2 heterocycles. The largest absolute Gasteiger partial charge is 0.497 e. The maximum atomic E-state index is 12.4. The molecule has 0 aliphatic carbocycles. The molecule has 0 saturated carbocycles. The number of benzene rings is 2. The summed E-state index contributed by atoms with van der Waals surface area (Å²) in [7, 11) is 1.62. The van der Waals surface area contributed by atoms with Gasteiger partial charge in [-0.25, -0.2) is 9.67 Å². The third-order valence-electron chi connectivity index (χ3n) is 4.36. The molecule has 0 aliphatic heterocycles. The van der Waals surface area contributed by atoms with E-state index in [1.807, 2.05) is 55.5 Å². The molecule has 2 aromatic carbocycles. The zero-order chi connectivity index (χ0) is 18.1. The van der Waals surface area contributed by atoms with Gasteiger partial charge in [0, 0.05) is 11.6 Å². The number of rotatable bonds is 4. The van der Waals surface area contributed by atoms with E-state index in [0.29, 0.717) is 11.5 Å². The number of ether oxygens (including phenoxy) is 1. The average molecular weight is 346 g/mol. The van der Waals surface area contributed by atoms with Gasteiger partial charge in [0.15, 0.2) is 0 Å². The van der Waals surface area contributed by atoms with Gasteiger partial charge in [0.25, 0.3) is 5.56 Å². The predicted molar refractivity (Wildman–Crippen MR) is 100 cm³/mol. The molecule has 130 valence electrons. The molecule has 0 aliphatic rings. The summed E-state index contributed by atoms with van der Waals surface area (Å²) in [6.07, 6.45) is 0. The maximum Gasteiger partial charge on any atom is 0.267 e. The van der Waals surface area contributed by atoms with E-state index in [1.165, 1.54) is 10.7 Å². The fourth-order valence-electron chi connectivity index (χ4n) is 2.93. The second-order valence-electron chi connectivity index (χ2n) is 6.05. The molecule has 0 radical (unpaired) electrons. The van der Waals surface area contributed by atoms with Gasteiger partial charge in [0.05, 0.1) is 23.8 Å². The molecule has 0 bridgehead atoms. The fraction of sp³-hybridized carbons (Fsp3) is 0.150. The highest BCUT2D eigenvalue weighted by Crippen LogP contribution is 2.22. The first-order chi connectivity index (χ1) is 12.7. The van der Waals surface area contributed by atoms with Crippen molar-refractivity contribution in [2.45, 2.75) is 13.0 Å². The third-order valence-corrected chi connectivity index (χ3v) is 4.36. The van der Waals surface area contributed by atoms with Crippen LogP contribution in [0.25, 0.3) is 22.3 Å². The number of H-pyrrole nitrogens is 1. The number of para-hydroxylation sites is 2. The number of nitrogens with zero attached hydrogens (tertiary/aromatic N) is 3. The highest BCUT2D eigenvalue weighted by atomic mass is 16.5. The lowest BCUT2D eigenvalue weighted by atomic mass is 10.1. The van der Waals surface area contributed by atoms with Crippen LogP contribution in [0.2, 0.25) is 0 Å². The molecule has 6 heteroatoms. The van der Waals surface area contributed by atoms with Crippen LogP contribution in [0.3, 0.4) is 0 Å². The van der Waals surface area contributed by atoms with E-state index in [-0.39, 0.29) is 11.6 Å². The summed E-state index contributed by atoms with van der Waals surface area (Å²) in [4.78, 5) is 20.2. The third kappa shape index (κ3) is 2.86. The molecule has 4 aromatic rings. The second kappa shape index (κ2) is 6.48. The van der Waals surface area contributed by atoms with Gasteiger partial charge < -0.3 is 9.72 Å². The topological polar surface area (TPSA) is 72.8 Å². The average Bonchev–Trinajstić information content (AvgIpc) is 3.12. The van der Waals surface area contributed by atoms with Gasteiger partial charge in [0.1, 0.15) is 17.6 Å². The van der Waals surface area contributed by atoms with Crippen LogP contribution in [0.4, 0.5) is 0 Å². The van der Waals surface area contributed by atoms with Crippen molar-refractivity contribution in [2.24, 2.45) is 0 Å². The standard InChI is InChI=1S/C20H18N4O2/c1-13(20-21-17-8-3-4-9-18(17)22-20)24-19(25)11-10-16(23-24)14-6-5-7-15(12-14)26-2/h3-13H,1-2H3,(H,21,22). The molecule has 1 atom stereocenters.